The van der Waals surface area contributed by atoms with Crippen LogP contribution in [0.1, 0.15) is 51.7 Å². The van der Waals surface area contributed by atoms with Gasteiger partial charge in [0.25, 0.3) is 0 Å². The van der Waals surface area contributed by atoms with Crippen LogP contribution in [0.4, 0.5) is 0 Å². The Kier molecular flexibility index (Phi) is 9.56. The van der Waals surface area contributed by atoms with E-state index in [0.717, 1.165) is 6.23 Å². The highest BCUT2D eigenvalue weighted by Crippen LogP contribution is 2.21. The SMILES string of the molecule is CCCC[C@H](C)/C=C(\C)[Si](C)(C)COC[C@@H](OC)c1ccccc1. The van der Waals surface area contributed by atoms with E-state index in [4.69, 9.17) is 9.47 Å². The van der Waals surface area contributed by atoms with Gasteiger partial charge in [-0.05, 0) is 24.8 Å². The van der Waals surface area contributed by atoms with Gasteiger partial charge in [0.15, 0.2) is 0 Å². The number of rotatable bonds is 11. The zero-order chi connectivity index (χ0) is 18.0. The summed E-state index contributed by atoms with van der Waals surface area (Å²) in [6.07, 6.45) is 7.23. The summed E-state index contributed by atoms with van der Waals surface area (Å²) < 4.78 is 11.7. The molecule has 1 aromatic rings. The van der Waals surface area contributed by atoms with Gasteiger partial charge in [0.05, 0.1) is 6.61 Å². The maximum Gasteiger partial charge on any atom is 0.105 e. The fraction of sp³-hybridized carbons (Fsp3) is 0.619. The number of methoxy groups -OCH3 is 1. The lowest BCUT2D eigenvalue weighted by Gasteiger charge is -2.26. The molecule has 2 nitrogen and oxygen atoms in total. The Morgan fingerprint density at radius 3 is 2.46 bits per heavy atom. The highest BCUT2D eigenvalue weighted by molar-refractivity contribution is 6.84. The summed E-state index contributed by atoms with van der Waals surface area (Å²) in [6, 6.07) is 10.3. The molecule has 0 saturated carbocycles. The fourth-order valence-electron chi connectivity index (χ4n) is 2.76. The Labute approximate surface area is 150 Å². The minimum absolute atomic E-state index is 0.0174. The van der Waals surface area contributed by atoms with Crippen molar-refractivity contribution in [2.24, 2.45) is 5.92 Å². The third kappa shape index (κ3) is 7.33. The van der Waals surface area contributed by atoms with E-state index in [2.05, 4.69) is 52.1 Å². The normalized spacial score (nSPS) is 15.3. The smallest absolute Gasteiger partial charge is 0.105 e. The highest BCUT2D eigenvalue weighted by atomic mass is 28.3. The summed E-state index contributed by atoms with van der Waals surface area (Å²) in [6.45, 7) is 12.3. The van der Waals surface area contributed by atoms with Crippen LogP contribution >= 0.6 is 0 Å². The Hall–Kier alpha value is -0.903. The molecule has 3 heteroatoms. The van der Waals surface area contributed by atoms with E-state index in [1.165, 1.54) is 24.8 Å². The predicted molar refractivity (Wildman–Crippen MR) is 107 cm³/mol. The lowest BCUT2D eigenvalue weighted by Crippen LogP contribution is -2.36. The summed E-state index contributed by atoms with van der Waals surface area (Å²) in [4.78, 5) is 0. The molecule has 0 amide bonds. The van der Waals surface area contributed by atoms with Crippen molar-refractivity contribution < 1.29 is 9.47 Å². The molecule has 0 saturated heterocycles. The number of ether oxygens (including phenoxy) is 2. The van der Waals surface area contributed by atoms with Crippen molar-refractivity contribution in [3.63, 3.8) is 0 Å². The van der Waals surface area contributed by atoms with E-state index in [-0.39, 0.29) is 6.10 Å². The minimum Gasteiger partial charge on any atom is -0.381 e. The monoisotopic (exact) mass is 348 g/mol. The number of benzene rings is 1. The summed E-state index contributed by atoms with van der Waals surface area (Å²) in [5, 5.41) is 1.56. The first-order valence-electron chi connectivity index (χ1n) is 9.25. The predicted octanol–water partition coefficient (Wildman–Crippen LogP) is 5.95. The second-order valence-corrected chi connectivity index (χ2v) is 12.3. The molecule has 0 unspecified atom stereocenters. The van der Waals surface area contributed by atoms with E-state index >= 15 is 0 Å². The lowest BCUT2D eigenvalue weighted by molar-refractivity contribution is 0.0199. The average Bonchev–Trinajstić information content (AvgIpc) is 2.57. The molecule has 0 fully saturated rings. The topological polar surface area (TPSA) is 18.5 Å². The number of allylic oxidation sites excluding steroid dienone is 2. The van der Waals surface area contributed by atoms with Crippen molar-refractivity contribution in [1.29, 1.82) is 0 Å². The largest absolute Gasteiger partial charge is 0.381 e. The molecule has 0 spiro atoms. The van der Waals surface area contributed by atoms with Gasteiger partial charge >= 0.3 is 0 Å². The zero-order valence-electron chi connectivity index (χ0n) is 16.5. The van der Waals surface area contributed by atoms with Crippen LogP contribution in [0.2, 0.25) is 13.1 Å². The molecule has 1 aromatic carbocycles. The molecule has 0 heterocycles. The standard InChI is InChI=1S/C21H36O2Si/c1-7-8-12-18(2)15-19(3)24(5,6)17-23-16-21(22-4)20-13-10-9-11-14-20/h9-11,13-15,18,21H,7-8,12,16-17H2,1-6H3/b19-15+/t18-,21+/m0/s1. The minimum atomic E-state index is -1.51. The second-order valence-electron chi connectivity index (χ2n) is 7.50. The maximum atomic E-state index is 6.09. The van der Waals surface area contributed by atoms with Gasteiger partial charge in [-0.15, -0.1) is 0 Å². The van der Waals surface area contributed by atoms with Crippen LogP contribution in [0, 0.1) is 5.92 Å². The van der Waals surface area contributed by atoms with Crippen LogP contribution in [0.5, 0.6) is 0 Å². The van der Waals surface area contributed by atoms with Gasteiger partial charge in [-0.1, -0.05) is 81.4 Å². The van der Waals surface area contributed by atoms with Crippen molar-refractivity contribution in [2.75, 3.05) is 19.9 Å². The summed E-state index contributed by atoms with van der Waals surface area (Å²) in [7, 11) is 0.248. The summed E-state index contributed by atoms with van der Waals surface area (Å²) >= 11 is 0. The molecule has 24 heavy (non-hydrogen) atoms. The van der Waals surface area contributed by atoms with Gasteiger partial charge in [-0.25, -0.2) is 0 Å². The lowest BCUT2D eigenvalue weighted by atomic mass is 10.0. The van der Waals surface area contributed by atoms with E-state index in [0.29, 0.717) is 12.5 Å². The third-order valence-corrected chi connectivity index (χ3v) is 8.03. The highest BCUT2D eigenvalue weighted by Gasteiger charge is 2.24. The Bertz CT molecular complexity index is 482. The molecule has 0 aromatic heterocycles. The van der Waals surface area contributed by atoms with E-state index in [9.17, 15) is 0 Å². The van der Waals surface area contributed by atoms with Gasteiger partial charge in [-0.2, -0.15) is 0 Å². The fourth-order valence-corrected chi connectivity index (χ4v) is 4.36. The molecule has 0 aliphatic rings. The first-order chi connectivity index (χ1) is 11.4. The number of hydrogen-bond acceptors (Lipinski definition) is 2. The van der Waals surface area contributed by atoms with Crippen LogP contribution in [0.25, 0.3) is 0 Å². The third-order valence-electron chi connectivity index (χ3n) is 4.80. The van der Waals surface area contributed by atoms with Crippen LogP contribution in [-0.2, 0) is 9.47 Å². The average molecular weight is 349 g/mol. The van der Waals surface area contributed by atoms with E-state index < -0.39 is 8.07 Å². The molecular weight excluding hydrogens is 312 g/mol. The molecule has 0 N–H and O–H groups in total. The maximum absolute atomic E-state index is 6.09. The summed E-state index contributed by atoms with van der Waals surface area (Å²) in [5.74, 6) is 0.674. The van der Waals surface area contributed by atoms with E-state index in [1.54, 1.807) is 12.3 Å². The molecular formula is C21H36O2Si. The van der Waals surface area contributed by atoms with Crippen LogP contribution in [0.15, 0.2) is 41.6 Å². The first kappa shape index (κ1) is 21.1. The molecule has 0 bridgehead atoms. The van der Waals surface area contributed by atoms with Crippen LogP contribution < -0.4 is 0 Å². The van der Waals surface area contributed by atoms with Gasteiger partial charge in [-0.3, -0.25) is 0 Å². The molecule has 0 aliphatic heterocycles. The molecule has 0 aliphatic carbocycles. The number of hydrogen-bond donors (Lipinski definition) is 0. The van der Waals surface area contributed by atoms with Gasteiger partial charge < -0.3 is 9.47 Å². The first-order valence-corrected chi connectivity index (χ1v) is 12.5. The van der Waals surface area contributed by atoms with Gasteiger partial charge in [0, 0.05) is 13.3 Å². The van der Waals surface area contributed by atoms with Crippen LogP contribution in [0.3, 0.4) is 0 Å². The summed E-state index contributed by atoms with van der Waals surface area (Å²) in [5.41, 5.74) is 1.18. The Balaban J connectivity index is 2.53. The van der Waals surface area contributed by atoms with Crippen LogP contribution in [-0.4, -0.2) is 28.0 Å². The number of unbranched alkanes of at least 4 members (excludes halogenated alkanes) is 1. The second kappa shape index (κ2) is 10.9. The van der Waals surface area contributed by atoms with Gasteiger partial charge in [0.1, 0.15) is 14.2 Å². The van der Waals surface area contributed by atoms with Crippen molar-refractivity contribution >= 4 is 8.07 Å². The molecule has 2 atom stereocenters. The molecule has 136 valence electrons. The van der Waals surface area contributed by atoms with Crippen molar-refractivity contribution in [1.82, 2.24) is 0 Å². The Morgan fingerprint density at radius 1 is 1.21 bits per heavy atom. The quantitative estimate of drug-likeness (QED) is 0.460. The molecule has 1 rings (SSSR count). The van der Waals surface area contributed by atoms with Crippen molar-refractivity contribution in [2.45, 2.75) is 59.2 Å². The van der Waals surface area contributed by atoms with Gasteiger partial charge in [0.2, 0.25) is 0 Å². The van der Waals surface area contributed by atoms with E-state index in [1.807, 2.05) is 18.2 Å². The zero-order valence-corrected chi connectivity index (χ0v) is 17.5. The Morgan fingerprint density at radius 2 is 1.88 bits per heavy atom. The van der Waals surface area contributed by atoms with Crippen molar-refractivity contribution in [3.8, 4) is 0 Å². The molecule has 0 radical (unpaired) electrons. The van der Waals surface area contributed by atoms with Crippen molar-refractivity contribution in [3.05, 3.63) is 47.2 Å².